The van der Waals surface area contributed by atoms with Crippen LogP contribution >= 0.6 is 0 Å². The summed E-state index contributed by atoms with van der Waals surface area (Å²) in [4.78, 5) is 0. The molecule has 1 aromatic heterocycles. The molecule has 1 heterocycles. The molecule has 0 fully saturated rings. The fourth-order valence-corrected chi connectivity index (χ4v) is 2.35. The van der Waals surface area contributed by atoms with E-state index in [2.05, 4.69) is 17.1 Å². The Hall–Kier alpha value is -0.900. The molecule has 1 aromatic rings. The van der Waals surface area contributed by atoms with Crippen molar-refractivity contribution < 1.29 is 5.11 Å². The zero-order valence-electron chi connectivity index (χ0n) is 12.6. The highest BCUT2D eigenvalue weighted by atomic mass is 16.3. The maximum atomic E-state index is 9.04. The molecule has 0 aliphatic heterocycles. The van der Waals surface area contributed by atoms with E-state index < -0.39 is 0 Å². The van der Waals surface area contributed by atoms with E-state index in [0.717, 1.165) is 12.2 Å². The zero-order valence-corrected chi connectivity index (χ0v) is 12.6. The molecular formula is C15H29N3O. The van der Waals surface area contributed by atoms with E-state index in [9.17, 15) is 0 Å². The van der Waals surface area contributed by atoms with E-state index in [1.54, 1.807) is 0 Å². The highest BCUT2D eigenvalue weighted by molar-refractivity contribution is 4.93. The van der Waals surface area contributed by atoms with Crippen molar-refractivity contribution in [2.45, 2.75) is 77.7 Å². The van der Waals surface area contributed by atoms with Gasteiger partial charge < -0.3 is 9.67 Å². The number of aliphatic hydroxyl groups excluding tert-OH is 1. The summed E-state index contributed by atoms with van der Waals surface area (Å²) in [6.45, 7) is 2.23. The first-order valence-electron chi connectivity index (χ1n) is 7.77. The van der Waals surface area contributed by atoms with Crippen LogP contribution in [-0.4, -0.2) is 19.9 Å². The Morgan fingerprint density at radius 1 is 0.842 bits per heavy atom. The van der Waals surface area contributed by atoms with E-state index in [-0.39, 0.29) is 6.61 Å². The van der Waals surface area contributed by atoms with Crippen LogP contribution in [0, 0.1) is 0 Å². The van der Waals surface area contributed by atoms with Crippen LogP contribution in [-0.2, 0) is 20.1 Å². The quantitative estimate of drug-likeness (QED) is 0.625. The Bertz CT molecular complexity index is 336. The molecule has 0 aromatic carbocycles. The summed E-state index contributed by atoms with van der Waals surface area (Å²) < 4.78 is 1.91. The standard InChI is InChI=1S/C15H29N3O/c1-3-4-5-6-7-8-9-10-11-12-14-16-17-15(13-19)18(14)2/h19H,3-13H2,1-2H3. The van der Waals surface area contributed by atoms with Crippen molar-refractivity contribution in [3.63, 3.8) is 0 Å². The molecule has 0 unspecified atom stereocenters. The number of aryl methyl sites for hydroxylation is 1. The van der Waals surface area contributed by atoms with Gasteiger partial charge in [-0.2, -0.15) is 0 Å². The van der Waals surface area contributed by atoms with Gasteiger partial charge in [-0.1, -0.05) is 58.3 Å². The minimum atomic E-state index is -0.0265. The number of aliphatic hydroxyl groups is 1. The van der Waals surface area contributed by atoms with Gasteiger partial charge in [-0.15, -0.1) is 10.2 Å². The van der Waals surface area contributed by atoms with Crippen LogP contribution in [0.25, 0.3) is 0 Å². The monoisotopic (exact) mass is 267 g/mol. The Morgan fingerprint density at radius 3 is 1.89 bits per heavy atom. The predicted molar refractivity (Wildman–Crippen MR) is 77.9 cm³/mol. The molecule has 4 nitrogen and oxygen atoms in total. The summed E-state index contributed by atoms with van der Waals surface area (Å²) in [6, 6.07) is 0. The van der Waals surface area contributed by atoms with Crippen molar-refractivity contribution in [2.75, 3.05) is 0 Å². The molecular weight excluding hydrogens is 238 g/mol. The summed E-state index contributed by atoms with van der Waals surface area (Å²) >= 11 is 0. The first kappa shape index (κ1) is 16.2. The Balaban J connectivity index is 2.00. The molecule has 0 aliphatic rings. The second-order valence-electron chi connectivity index (χ2n) is 5.33. The van der Waals surface area contributed by atoms with Gasteiger partial charge >= 0.3 is 0 Å². The van der Waals surface area contributed by atoms with Gasteiger partial charge in [0, 0.05) is 13.5 Å². The first-order valence-corrected chi connectivity index (χ1v) is 7.77. The van der Waals surface area contributed by atoms with Crippen LogP contribution in [0.3, 0.4) is 0 Å². The van der Waals surface area contributed by atoms with E-state index in [1.165, 1.54) is 57.8 Å². The molecule has 1 N–H and O–H groups in total. The van der Waals surface area contributed by atoms with Gasteiger partial charge in [-0.05, 0) is 6.42 Å². The van der Waals surface area contributed by atoms with Crippen molar-refractivity contribution in [1.82, 2.24) is 14.8 Å². The second-order valence-corrected chi connectivity index (χ2v) is 5.33. The number of aromatic nitrogens is 3. The SMILES string of the molecule is CCCCCCCCCCCc1nnc(CO)n1C. The molecule has 4 heteroatoms. The molecule has 0 spiro atoms. The van der Waals surface area contributed by atoms with Crippen LogP contribution in [0.15, 0.2) is 0 Å². The van der Waals surface area contributed by atoms with E-state index in [1.807, 2.05) is 11.6 Å². The van der Waals surface area contributed by atoms with Gasteiger partial charge in [0.05, 0.1) is 0 Å². The minimum Gasteiger partial charge on any atom is -0.388 e. The number of hydrogen-bond acceptors (Lipinski definition) is 3. The maximum Gasteiger partial charge on any atom is 0.158 e. The summed E-state index contributed by atoms with van der Waals surface area (Å²) in [5.74, 6) is 1.65. The van der Waals surface area contributed by atoms with Gasteiger partial charge in [0.15, 0.2) is 5.82 Å². The highest BCUT2D eigenvalue weighted by Gasteiger charge is 2.06. The van der Waals surface area contributed by atoms with Crippen molar-refractivity contribution in [1.29, 1.82) is 0 Å². The normalized spacial score (nSPS) is 11.1. The largest absolute Gasteiger partial charge is 0.388 e. The Kier molecular flexibility index (Phi) is 8.47. The molecule has 0 aliphatic carbocycles. The van der Waals surface area contributed by atoms with Crippen molar-refractivity contribution in [3.05, 3.63) is 11.6 Å². The van der Waals surface area contributed by atoms with Gasteiger partial charge in [0.1, 0.15) is 12.4 Å². The maximum absolute atomic E-state index is 9.04. The third-order valence-corrected chi connectivity index (χ3v) is 3.70. The van der Waals surface area contributed by atoms with Crippen molar-refractivity contribution >= 4 is 0 Å². The lowest BCUT2D eigenvalue weighted by molar-refractivity contribution is 0.266. The van der Waals surface area contributed by atoms with E-state index in [4.69, 9.17) is 5.11 Å². The molecule has 0 atom stereocenters. The predicted octanol–water partition coefficient (Wildman–Crippen LogP) is 3.38. The molecule has 19 heavy (non-hydrogen) atoms. The van der Waals surface area contributed by atoms with Gasteiger partial charge in [-0.25, -0.2) is 0 Å². The molecule has 0 saturated heterocycles. The molecule has 110 valence electrons. The molecule has 0 saturated carbocycles. The van der Waals surface area contributed by atoms with Gasteiger partial charge in [0.2, 0.25) is 0 Å². The Labute approximate surface area is 117 Å². The fourth-order valence-electron chi connectivity index (χ4n) is 2.35. The van der Waals surface area contributed by atoms with E-state index >= 15 is 0 Å². The Morgan fingerprint density at radius 2 is 1.37 bits per heavy atom. The highest BCUT2D eigenvalue weighted by Crippen LogP contribution is 2.11. The van der Waals surface area contributed by atoms with Crippen LogP contribution < -0.4 is 0 Å². The molecule has 1 rings (SSSR count). The lowest BCUT2D eigenvalue weighted by Crippen LogP contribution is -2.02. The summed E-state index contributed by atoms with van der Waals surface area (Å²) in [5, 5.41) is 17.1. The second kappa shape index (κ2) is 9.96. The molecule has 0 radical (unpaired) electrons. The number of unbranched alkanes of at least 4 members (excludes halogenated alkanes) is 8. The average Bonchev–Trinajstić information content (AvgIpc) is 2.78. The summed E-state index contributed by atoms with van der Waals surface area (Å²) in [7, 11) is 1.93. The number of rotatable bonds is 11. The minimum absolute atomic E-state index is 0.0265. The molecule has 0 amide bonds. The third kappa shape index (κ3) is 6.19. The van der Waals surface area contributed by atoms with Gasteiger partial charge in [0.25, 0.3) is 0 Å². The van der Waals surface area contributed by atoms with E-state index in [0.29, 0.717) is 5.82 Å². The lowest BCUT2D eigenvalue weighted by Gasteiger charge is -2.03. The van der Waals surface area contributed by atoms with Crippen molar-refractivity contribution in [2.24, 2.45) is 7.05 Å². The van der Waals surface area contributed by atoms with Crippen LogP contribution in [0.5, 0.6) is 0 Å². The summed E-state index contributed by atoms with van der Waals surface area (Å²) in [5.41, 5.74) is 0. The topological polar surface area (TPSA) is 50.9 Å². The zero-order chi connectivity index (χ0) is 13.9. The lowest BCUT2D eigenvalue weighted by atomic mass is 10.1. The first-order chi connectivity index (χ1) is 9.29. The third-order valence-electron chi connectivity index (χ3n) is 3.70. The van der Waals surface area contributed by atoms with Crippen LogP contribution in [0.1, 0.15) is 76.4 Å². The smallest absolute Gasteiger partial charge is 0.158 e. The number of hydrogen-bond donors (Lipinski definition) is 1. The fraction of sp³-hybridized carbons (Fsp3) is 0.867. The van der Waals surface area contributed by atoms with Gasteiger partial charge in [-0.3, -0.25) is 0 Å². The van der Waals surface area contributed by atoms with Crippen LogP contribution in [0.2, 0.25) is 0 Å². The van der Waals surface area contributed by atoms with Crippen LogP contribution in [0.4, 0.5) is 0 Å². The average molecular weight is 267 g/mol. The van der Waals surface area contributed by atoms with Crippen molar-refractivity contribution in [3.8, 4) is 0 Å². The number of nitrogens with zero attached hydrogens (tertiary/aromatic N) is 3. The molecule has 0 bridgehead atoms. The summed E-state index contributed by atoms with van der Waals surface area (Å²) in [6.07, 6.45) is 13.0.